The van der Waals surface area contributed by atoms with Gasteiger partial charge in [-0.25, -0.2) is 19.2 Å². The van der Waals surface area contributed by atoms with Crippen molar-refractivity contribution in [1.82, 2.24) is 14.9 Å². The Morgan fingerprint density at radius 2 is 1.93 bits per heavy atom. The minimum absolute atomic E-state index is 0.00124. The highest BCUT2D eigenvalue weighted by atomic mass is 32.1. The summed E-state index contributed by atoms with van der Waals surface area (Å²) in [7, 11) is 0. The molecule has 1 aromatic carbocycles. The van der Waals surface area contributed by atoms with Crippen molar-refractivity contribution in [3.05, 3.63) is 76.1 Å². The van der Waals surface area contributed by atoms with E-state index in [9.17, 15) is 14.0 Å². The first-order valence-corrected chi connectivity index (χ1v) is 10.2. The van der Waals surface area contributed by atoms with Gasteiger partial charge in [-0.15, -0.1) is 11.3 Å². The molecule has 0 radical (unpaired) electrons. The maximum absolute atomic E-state index is 13.1. The Morgan fingerprint density at radius 3 is 2.69 bits per heavy atom. The minimum atomic E-state index is -0.302. The quantitative estimate of drug-likeness (QED) is 0.554. The molecule has 148 valence electrons. The molecular formula is C21H19FN4O2S. The number of rotatable bonds is 7. The molecule has 29 heavy (non-hydrogen) atoms. The van der Waals surface area contributed by atoms with Crippen LogP contribution in [0.5, 0.6) is 0 Å². The Bertz CT molecular complexity index is 1010. The Morgan fingerprint density at radius 1 is 1.10 bits per heavy atom. The Balaban J connectivity index is 1.41. The van der Waals surface area contributed by atoms with E-state index < -0.39 is 0 Å². The summed E-state index contributed by atoms with van der Waals surface area (Å²) in [6.45, 7) is 1.44. The van der Waals surface area contributed by atoms with Crippen LogP contribution in [0.15, 0.2) is 54.2 Å². The maximum Gasteiger partial charge on any atom is 0.326 e. The lowest BCUT2D eigenvalue weighted by Gasteiger charge is -2.18. The second kappa shape index (κ2) is 8.48. The summed E-state index contributed by atoms with van der Waals surface area (Å²) in [6.07, 6.45) is 4.25. The second-order valence-corrected chi connectivity index (χ2v) is 7.71. The van der Waals surface area contributed by atoms with Gasteiger partial charge in [0.1, 0.15) is 11.6 Å². The number of carbonyl (C=O) groups excluding carboxylic acids is 2. The fourth-order valence-corrected chi connectivity index (χ4v) is 3.85. The molecule has 1 saturated heterocycles. The first kappa shape index (κ1) is 19.2. The van der Waals surface area contributed by atoms with Gasteiger partial charge >= 0.3 is 6.03 Å². The van der Waals surface area contributed by atoms with Crippen LogP contribution in [0, 0.1) is 5.82 Å². The summed E-state index contributed by atoms with van der Waals surface area (Å²) in [5.41, 5.74) is 1.40. The van der Waals surface area contributed by atoms with Crippen LogP contribution in [-0.2, 0) is 13.0 Å². The summed E-state index contributed by atoms with van der Waals surface area (Å²) in [4.78, 5) is 37.0. The molecule has 2 amide bonds. The number of thiazole rings is 1. The Labute approximate surface area is 171 Å². The number of ketones is 1. The number of nitrogens with zero attached hydrogens (tertiary/aromatic N) is 4. The van der Waals surface area contributed by atoms with E-state index in [1.165, 1.54) is 23.5 Å². The molecule has 0 atom stereocenters. The molecule has 0 aliphatic carbocycles. The van der Waals surface area contributed by atoms with Gasteiger partial charge in [0, 0.05) is 55.8 Å². The molecule has 3 heterocycles. The minimum Gasteiger partial charge on any atom is -0.318 e. The molecule has 0 spiro atoms. The third-order valence-electron chi connectivity index (χ3n) is 4.78. The molecule has 2 aromatic heterocycles. The fraction of sp³-hybridized carbons (Fsp3) is 0.238. The van der Waals surface area contributed by atoms with Crippen LogP contribution in [0.3, 0.4) is 0 Å². The molecule has 0 bridgehead atoms. The number of amides is 2. The van der Waals surface area contributed by atoms with Crippen molar-refractivity contribution in [3.8, 4) is 0 Å². The molecule has 4 rings (SSSR count). The molecule has 0 N–H and O–H groups in total. The van der Waals surface area contributed by atoms with E-state index >= 15 is 0 Å². The summed E-state index contributed by atoms with van der Waals surface area (Å²) < 4.78 is 13.1. The lowest BCUT2D eigenvalue weighted by atomic mass is 10.1. The van der Waals surface area contributed by atoms with E-state index in [0.29, 0.717) is 43.9 Å². The number of hydrogen-bond donors (Lipinski definition) is 0. The van der Waals surface area contributed by atoms with Crippen LogP contribution in [0.2, 0.25) is 0 Å². The first-order valence-electron chi connectivity index (χ1n) is 9.28. The van der Waals surface area contributed by atoms with E-state index in [-0.39, 0.29) is 17.6 Å². The molecule has 8 heteroatoms. The standard InChI is InChI=1S/C21H19FN4O2S/c22-17-3-1-15(2-4-17)14-25-10-11-26(21(25)28)19-13-16(7-8-23-19)18(27)5-6-20-24-9-12-29-20/h1-4,7-9,12-13H,5-6,10-11,14H2. The summed E-state index contributed by atoms with van der Waals surface area (Å²) in [5, 5.41) is 2.82. The number of carbonyl (C=O) groups is 2. The zero-order valence-electron chi connectivity index (χ0n) is 15.6. The third-order valence-corrected chi connectivity index (χ3v) is 5.61. The molecule has 1 fully saturated rings. The summed E-state index contributed by atoms with van der Waals surface area (Å²) >= 11 is 1.53. The second-order valence-electron chi connectivity index (χ2n) is 6.73. The Hall–Kier alpha value is -3.13. The molecule has 0 saturated carbocycles. The molecule has 6 nitrogen and oxygen atoms in total. The highest BCUT2D eigenvalue weighted by molar-refractivity contribution is 7.09. The number of hydrogen-bond acceptors (Lipinski definition) is 5. The van der Waals surface area contributed by atoms with Gasteiger partial charge in [-0.2, -0.15) is 0 Å². The van der Waals surface area contributed by atoms with Gasteiger partial charge in [0.15, 0.2) is 5.78 Å². The highest BCUT2D eigenvalue weighted by Gasteiger charge is 2.30. The van der Waals surface area contributed by atoms with Crippen LogP contribution in [0.1, 0.15) is 27.3 Å². The normalized spacial score (nSPS) is 13.9. The predicted octanol–water partition coefficient (Wildman–Crippen LogP) is 3.93. The SMILES string of the molecule is O=C(CCc1nccs1)c1ccnc(N2CCN(Cc3ccc(F)cc3)C2=O)c1. The molecule has 0 unspecified atom stereocenters. The van der Waals surface area contributed by atoms with Crippen LogP contribution < -0.4 is 4.90 Å². The summed E-state index contributed by atoms with van der Waals surface area (Å²) in [5.74, 6) is 0.166. The van der Waals surface area contributed by atoms with E-state index in [0.717, 1.165) is 10.6 Å². The third kappa shape index (κ3) is 4.48. The van der Waals surface area contributed by atoms with Gasteiger partial charge in [-0.05, 0) is 29.8 Å². The molecule has 1 aliphatic rings. The smallest absolute Gasteiger partial charge is 0.318 e. The van der Waals surface area contributed by atoms with Crippen molar-refractivity contribution in [1.29, 1.82) is 0 Å². The average molecular weight is 410 g/mol. The van der Waals surface area contributed by atoms with Gasteiger partial charge < -0.3 is 4.90 Å². The fourth-order valence-electron chi connectivity index (χ4n) is 3.23. The van der Waals surface area contributed by atoms with Gasteiger partial charge in [-0.3, -0.25) is 9.69 Å². The van der Waals surface area contributed by atoms with E-state index in [1.54, 1.807) is 46.5 Å². The van der Waals surface area contributed by atoms with E-state index in [4.69, 9.17) is 0 Å². The first-order chi connectivity index (χ1) is 14.1. The highest BCUT2D eigenvalue weighted by Crippen LogP contribution is 2.22. The number of Topliss-reactive ketones (excluding diaryl/α,β-unsaturated/α-hetero) is 1. The largest absolute Gasteiger partial charge is 0.326 e. The number of pyridine rings is 1. The van der Waals surface area contributed by atoms with Crippen molar-refractivity contribution >= 4 is 29.0 Å². The van der Waals surface area contributed by atoms with Crippen molar-refractivity contribution in [2.75, 3.05) is 18.0 Å². The van der Waals surface area contributed by atoms with Crippen LogP contribution in [0.25, 0.3) is 0 Å². The predicted molar refractivity (Wildman–Crippen MR) is 109 cm³/mol. The van der Waals surface area contributed by atoms with Crippen molar-refractivity contribution in [2.24, 2.45) is 0 Å². The van der Waals surface area contributed by atoms with Crippen LogP contribution in [0.4, 0.5) is 15.0 Å². The van der Waals surface area contributed by atoms with Crippen molar-refractivity contribution in [3.63, 3.8) is 0 Å². The number of anilines is 1. The van der Waals surface area contributed by atoms with Gasteiger partial charge in [0.2, 0.25) is 0 Å². The lowest BCUT2D eigenvalue weighted by Crippen LogP contribution is -2.32. The monoisotopic (exact) mass is 410 g/mol. The Kier molecular flexibility index (Phi) is 5.62. The zero-order valence-corrected chi connectivity index (χ0v) is 16.4. The average Bonchev–Trinajstić information content (AvgIpc) is 3.38. The number of urea groups is 1. The lowest BCUT2D eigenvalue weighted by molar-refractivity contribution is 0.0982. The number of halogens is 1. The van der Waals surface area contributed by atoms with Crippen LogP contribution in [-0.4, -0.2) is 39.8 Å². The summed E-state index contributed by atoms with van der Waals surface area (Å²) in [6, 6.07) is 9.28. The van der Waals surface area contributed by atoms with Gasteiger partial charge in [-0.1, -0.05) is 12.1 Å². The zero-order chi connectivity index (χ0) is 20.2. The van der Waals surface area contributed by atoms with Crippen LogP contribution >= 0.6 is 11.3 Å². The molecular weight excluding hydrogens is 391 g/mol. The number of aromatic nitrogens is 2. The number of benzene rings is 1. The van der Waals surface area contributed by atoms with Crippen molar-refractivity contribution in [2.45, 2.75) is 19.4 Å². The maximum atomic E-state index is 13.1. The van der Waals surface area contributed by atoms with Gasteiger partial charge in [0.25, 0.3) is 0 Å². The van der Waals surface area contributed by atoms with E-state index in [2.05, 4.69) is 9.97 Å². The molecule has 3 aromatic rings. The number of aryl methyl sites for hydroxylation is 1. The van der Waals surface area contributed by atoms with Crippen molar-refractivity contribution < 1.29 is 14.0 Å². The van der Waals surface area contributed by atoms with E-state index in [1.807, 2.05) is 5.38 Å². The van der Waals surface area contributed by atoms with Gasteiger partial charge in [0.05, 0.1) is 5.01 Å². The molecule has 1 aliphatic heterocycles. The topological polar surface area (TPSA) is 66.4 Å².